The van der Waals surface area contributed by atoms with E-state index < -0.39 is 5.97 Å². The number of carboxylic acids is 1. The molecule has 0 saturated carbocycles. The summed E-state index contributed by atoms with van der Waals surface area (Å²) in [6, 6.07) is -0.00400. The molecular formula is C12H23NO2S. The van der Waals surface area contributed by atoms with Crippen molar-refractivity contribution >= 4 is 17.7 Å². The molecule has 0 aromatic carbocycles. The highest BCUT2D eigenvalue weighted by Gasteiger charge is 2.45. The molecule has 1 aliphatic rings. The number of aliphatic carboxylic acids is 1. The highest BCUT2D eigenvalue weighted by Crippen LogP contribution is 2.48. The highest BCUT2D eigenvalue weighted by atomic mass is 32.2. The summed E-state index contributed by atoms with van der Waals surface area (Å²) in [7, 11) is 0. The van der Waals surface area contributed by atoms with Crippen molar-refractivity contribution < 1.29 is 9.90 Å². The number of carbonyl (C=O) groups is 1. The van der Waals surface area contributed by atoms with Gasteiger partial charge in [-0.05, 0) is 24.0 Å². The molecule has 2 unspecified atom stereocenters. The van der Waals surface area contributed by atoms with E-state index >= 15 is 0 Å². The van der Waals surface area contributed by atoms with Gasteiger partial charge in [-0.25, -0.2) is 0 Å². The number of hydrogen-bond acceptors (Lipinski definition) is 3. The van der Waals surface area contributed by atoms with Gasteiger partial charge in [0, 0.05) is 17.2 Å². The molecule has 1 aliphatic heterocycles. The monoisotopic (exact) mass is 245 g/mol. The fourth-order valence-electron chi connectivity index (χ4n) is 2.80. The number of thioether (sulfide) groups is 1. The maximum Gasteiger partial charge on any atom is 0.303 e. The summed E-state index contributed by atoms with van der Waals surface area (Å²) in [5.74, 6) is 1.27. The third kappa shape index (κ3) is 3.14. The minimum atomic E-state index is -0.720. The molecule has 1 fully saturated rings. The van der Waals surface area contributed by atoms with Gasteiger partial charge in [0.25, 0.3) is 0 Å². The summed E-state index contributed by atoms with van der Waals surface area (Å²) in [5.41, 5.74) is 6.16. The van der Waals surface area contributed by atoms with Gasteiger partial charge in [0.1, 0.15) is 0 Å². The summed E-state index contributed by atoms with van der Waals surface area (Å²) in [6.07, 6.45) is 1.98. The fourth-order valence-corrected chi connectivity index (χ4v) is 4.38. The maximum atomic E-state index is 11.0. The van der Waals surface area contributed by atoms with Gasteiger partial charge >= 0.3 is 5.97 Å². The van der Waals surface area contributed by atoms with E-state index in [1.165, 1.54) is 0 Å². The Labute approximate surface area is 102 Å². The predicted octanol–water partition coefficient (Wildman–Crippen LogP) is 2.35. The lowest BCUT2D eigenvalue weighted by atomic mass is 9.67. The van der Waals surface area contributed by atoms with Crippen molar-refractivity contribution in [2.45, 2.75) is 46.1 Å². The zero-order valence-corrected chi connectivity index (χ0v) is 11.3. The fraction of sp³-hybridized carbons (Fsp3) is 0.917. The first kappa shape index (κ1) is 13.8. The number of nitrogens with two attached hydrogens (primary N) is 1. The Hall–Kier alpha value is -0.220. The Morgan fingerprint density at radius 2 is 2.12 bits per heavy atom. The standard InChI is InChI=1S/C12H23NO2S/c1-4-9(13)12(5-10(14)15)6-11(2,3)7-16-8-12/h9H,4-8,13H2,1-3H3,(H,14,15). The first-order chi connectivity index (χ1) is 7.31. The van der Waals surface area contributed by atoms with Gasteiger partial charge in [0.2, 0.25) is 0 Å². The van der Waals surface area contributed by atoms with E-state index in [9.17, 15) is 4.79 Å². The van der Waals surface area contributed by atoms with Crippen LogP contribution in [0.5, 0.6) is 0 Å². The molecule has 0 amide bonds. The second-order valence-electron chi connectivity index (χ2n) is 5.78. The van der Waals surface area contributed by atoms with Crippen LogP contribution in [0, 0.1) is 10.8 Å². The third-order valence-corrected chi connectivity index (χ3v) is 5.21. The Balaban J connectivity index is 2.89. The van der Waals surface area contributed by atoms with Crippen molar-refractivity contribution in [2.75, 3.05) is 11.5 Å². The lowest BCUT2D eigenvalue weighted by Gasteiger charge is -2.47. The highest BCUT2D eigenvalue weighted by molar-refractivity contribution is 7.99. The van der Waals surface area contributed by atoms with Crippen LogP contribution in [-0.2, 0) is 4.79 Å². The summed E-state index contributed by atoms with van der Waals surface area (Å²) in [5, 5.41) is 9.08. The Kier molecular flexibility index (Phi) is 4.29. The van der Waals surface area contributed by atoms with E-state index in [0.717, 1.165) is 24.3 Å². The smallest absolute Gasteiger partial charge is 0.303 e. The first-order valence-corrected chi connectivity index (χ1v) is 7.02. The minimum absolute atomic E-state index is 0.00400. The molecule has 0 spiro atoms. The molecule has 94 valence electrons. The molecule has 16 heavy (non-hydrogen) atoms. The van der Waals surface area contributed by atoms with Crippen molar-refractivity contribution in [3.63, 3.8) is 0 Å². The van der Waals surface area contributed by atoms with E-state index in [1.807, 2.05) is 18.7 Å². The SMILES string of the molecule is CCC(N)C1(CC(=O)O)CSCC(C)(C)C1. The van der Waals surface area contributed by atoms with Crippen LogP contribution in [0.1, 0.15) is 40.0 Å². The quantitative estimate of drug-likeness (QED) is 0.798. The molecule has 0 bridgehead atoms. The second-order valence-corrected chi connectivity index (χ2v) is 6.77. The van der Waals surface area contributed by atoms with Crippen LogP contribution >= 0.6 is 11.8 Å². The molecule has 0 aromatic heterocycles. The van der Waals surface area contributed by atoms with Gasteiger partial charge in [-0.3, -0.25) is 4.79 Å². The van der Waals surface area contributed by atoms with Gasteiger partial charge in [0.05, 0.1) is 6.42 Å². The molecule has 2 atom stereocenters. The summed E-state index contributed by atoms with van der Waals surface area (Å²) in [4.78, 5) is 11.0. The van der Waals surface area contributed by atoms with Crippen molar-refractivity contribution in [3.05, 3.63) is 0 Å². The van der Waals surface area contributed by atoms with Crippen LogP contribution in [0.3, 0.4) is 0 Å². The molecule has 3 N–H and O–H groups in total. The average molecular weight is 245 g/mol. The number of hydrogen-bond donors (Lipinski definition) is 2. The normalized spacial score (nSPS) is 31.0. The van der Waals surface area contributed by atoms with Gasteiger partial charge in [-0.2, -0.15) is 11.8 Å². The van der Waals surface area contributed by atoms with Crippen LogP contribution in [0.2, 0.25) is 0 Å². The molecule has 3 nitrogen and oxygen atoms in total. The van der Waals surface area contributed by atoms with Crippen molar-refractivity contribution in [1.29, 1.82) is 0 Å². The number of carboxylic acid groups (broad SMARTS) is 1. The average Bonchev–Trinajstić information content (AvgIpc) is 2.13. The van der Waals surface area contributed by atoms with Crippen LogP contribution in [0.15, 0.2) is 0 Å². The van der Waals surface area contributed by atoms with Gasteiger partial charge in [-0.1, -0.05) is 20.8 Å². The lowest BCUT2D eigenvalue weighted by Crippen LogP contribution is -2.50. The molecule has 4 heteroatoms. The van der Waals surface area contributed by atoms with Crippen LogP contribution in [0.4, 0.5) is 0 Å². The molecule has 1 heterocycles. The molecular weight excluding hydrogens is 222 g/mol. The second kappa shape index (κ2) is 4.96. The minimum Gasteiger partial charge on any atom is -0.481 e. The van der Waals surface area contributed by atoms with Crippen molar-refractivity contribution in [1.82, 2.24) is 0 Å². The molecule has 1 saturated heterocycles. The summed E-state index contributed by atoms with van der Waals surface area (Å²) < 4.78 is 0. The number of rotatable bonds is 4. The molecule has 0 aliphatic carbocycles. The summed E-state index contributed by atoms with van der Waals surface area (Å²) in [6.45, 7) is 6.46. The van der Waals surface area contributed by atoms with Crippen LogP contribution in [-0.4, -0.2) is 28.6 Å². The molecule has 1 rings (SSSR count). The molecule has 0 aromatic rings. The predicted molar refractivity (Wildman–Crippen MR) is 68.7 cm³/mol. The zero-order valence-electron chi connectivity index (χ0n) is 10.5. The van der Waals surface area contributed by atoms with Crippen LogP contribution in [0.25, 0.3) is 0 Å². The zero-order chi connectivity index (χ0) is 12.4. The van der Waals surface area contributed by atoms with Gasteiger partial charge < -0.3 is 10.8 Å². The lowest BCUT2D eigenvalue weighted by molar-refractivity contribution is -0.140. The van der Waals surface area contributed by atoms with E-state index in [2.05, 4.69) is 13.8 Å². The van der Waals surface area contributed by atoms with E-state index in [1.54, 1.807) is 0 Å². The van der Waals surface area contributed by atoms with Crippen LogP contribution < -0.4 is 5.73 Å². The van der Waals surface area contributed by atoms with Gasteiger partial charge in [0.15, 0.2) is 0 Å². The van der Waals surface area contributed by atoms with E-state index in [0.29, 0.717) is 0 Å². The third-order valence-electron chi connectivity index (χ3n) is 3.44. The Morgan fingerprint density at radius 1 is 1.50 bits per heavy atom. The van der Waals surface area contributed by atoms with Crippen molar-refractivity contribution in [3.8, 4) is 0 Å². The Bertz CT molecular complexity index is 268. The Morgan fingerprint density at radius 3 is 2.56 bits per heavy atom. The maximum absolute atomic E-state index is 11.0. The van der Waals surface area contributed by atoms with Gasteiger partial charge in [-0.15, -0.1) is 0 Å². The van der Waals surface area contributed by atoms with E-state index in [-0.39, 0.29) is 23.3 Å². The van der Waals surface area contributed by atoms with E-state index in [4.69, 9.17) is 10.8 Å². The molecule has 0 radical (unpaired) electrons. The van der Waals surface area contributed by atoms with Crippen molar-refractivity contribution in [2.24, 2.45) is 16.6 Å². The topological polar surface area (TPSA) is 63.3 Å². The summed E-state index contributed by atoms with van der Waals surface area (Å²) >= 11 is 1.85. The largest absolute Gasteiger partial charge is 0.481 e. The first-order valence-electron chi connectivity index (χ1n) is 5.86.